The predicted octanol–water partition coefficient (Wildman–Crippen LogP) is 1.16. The first-order chi connectivity index (χ1) is 9.36. The highest BCUT2D eigenvalue weighted by Crippen LogP contribution is 2.32. The molecule has 20 heavy (non-hydrogen) atoms. The van der Waals surface area contributed by atoms with Gasteiger partial charge in [-0.15, -0.1) is 12.6 Å². The van der Waals surface area contributed by atoms with Crippen molar-refractivity contribution < 1.29 is 17.9 Å². The molecule has 1 saturated heterocycles. The molecular weight excluding hydrogens is 295 g/mol. The lowest BCUT2D eigenvalue weighted by molar-refractivity contribution is -0.138. The minimum Gasteiger partial charge on any atom is -0.379 e. The lowest BCUT2D eigenvalue weighted by Crippen LogP contribution is -2.30. The van der Waals surface area contributed by atoms with Gasteiger partial charge in [-0.2, -0.15) is 18.4 Å². The number of ether oxygens (including phenoxy) is 1. The molecule has 0 atom stereocenters. The summed E-state index contributed by atoms with van der Waals surface area (Å²) >= 11 is 3.57. The highest BCUT2D eigenvalue weighted by molar-refractivity contribution is 7.80. The van der Waals surface area contributed by atoms with Crippen LogP contribution in [0.2, 0.25) is 0 Å². The molecule has 2 rings (SSSR count). The molecule has 110 valence electrons. The van der Waals surface area contributed by atoms with Crippen LogP contribution in [-0.4, -0.2) is 31.3 Å². The van der Waals surface area contributed by atoms with Crippen molar-refractivity contribution in [3.8, 4) is 6.07 Å². The van der Waals surface area contributed by atoms with E-state index >= 15 is 0 Å². The van der Waals surface area contributed by atoms with Gasteiger partial charge in [-0.25, -0.2) is 0 Å². The molecule has 0 saturated carbocycles. The highest BCUT2D eigenvalue weighted by atomic mass is 32.1. The fourth-order valence-electron chi connectivity index (χ4n) is 1.40. The number of H-pyrrole nitrogens is 1. The number of halogens is 3. The van der Waals surface area contributed by atoms with Crippen molar-refractivity contribution in [2.24, 2.45) is 0 Å². The smallest absolute Gasteiger partial charge is 0.379 e. The van der Waals surface area contributed by atoms with Crippen molar-refractivity contribution in [2.45, 2.75) is 11.2 Å². The average Bonchev–Trinajstić information content (AvgIpc) is 2.39. The SMILES string of the molecule is C1COCCN1.N#Cc1c(C(F)(F)F)cc(=O)[nH]c1S. The summed E-state index contributed by atoms with van der Waals surface area (Å²) in [7, 11) is 0. The summed E-state index contributed by atoms with van der Waals surface area (Å²) in [4.78, 5) is 12.7. The monoisotopic (exact) mass is 307 g/mol. The number of aromatic nitrogens is 1. The molecule has 0 amide bonds. The Bertz CT molecular complexity index is 536. The van der Waals surface area contributed by atoms with Crippen LogP contribution < -0.4 is 10.9 Å². The number of nitriles is 1. The fraction of sp³-hybridized carbons (Fsp3) is 0.455. The molecule has 1 aromatic heterocycles. The van der Waals surface area contributed by atoms with Gasteiger partial charge in [-0.3, -0.25) is 4.79 Å². The zero-order valence-corrected chi connectivity index (χ0v) is 11.1. The maximum absolute atomic E-state index is 12.3. The standard InChI is InChI=1S/C7H3F3N2OS.C4H9NO/c8-7(9,10)4-1-5(13)12-6(14)3(4)2-11;1-3-6-4-2-5-1/h1H,(H2,12,13,14);5H,1-4H2. The number of hydrogen-bond donors (Lipinski definition) is 3. The zero-order valence-electron chi connectivity index (χ0n) is 10.3. The van der Waals surface area contributed by atoms with Crippen molar-refractivity contribution in [2.75, 3.05) is 26.3 Å². The third-order valence-electron chi connectivity index (χ3n) is 2.29. The van der Waals surface area contributed by atoms with Gasteiger partial charge >= 0.3 is 6.18 Å². The van der Waals surface area contributed by atoms with Crippen LogP contribution in [0.5, 0.6) is 0 Å². The third-order valence-corrected chi connectivity index (χ3v) is 2.62. The number of nitrogens with zero attached hydrogens (tertiary/aromatic N) is 1. The summed E-state index contributed by atoms with van der Waals surface area (Å²) in [6.07, 6.45) is -4.73. The Morgan fingerprint density at radius 3 is 2.30 bits per heavy atom. The number of rotatable bonds is 0. The number of aromatic amines is 1. The van der Waals surface area contributed by atoms with Gasteiger partial charge in [-0.1, -0.05) is 0 Å². The average molecular weight is 307 g/mol. The number of thiol groups is 1. The molecule has 2 heterocycles. The van der Waals surface area contributed by atoms with Gasteiger partial charge in [0, 0.05) is 19.2 Å². The topological polar surface area (TPSA) is 77.9 Å². The van der Waals surface area contributed by atoms with Crippen molar-refractivity contribution in [1.29, 1.82) is 5.26 Å². The van der Waals surface area contributed by atoms with Crippen molar-refractivity contribution in [1.82, 2.24) is 10.3 Å². The highest BCUT2D eigenvalue weighted by Gasteiger charge is 2.35. The summed E-state index contributed by atoms with van der Waals surface area (Å²) in [5, 5.41) is 11.2. The lowest BCUT2D eigenvalue weighted by Gasteiger charge is -2.10. The van der Waals surface area contributed by atoms with Crippen LogP contribution in [0.15, 0.2) is 15.9 Å². The number of alkyl halides is 3. The number of morpholine rings is 1. The van der Waals surface area contributed by atoms with Crippen LogP contribution in [0.25, 0.3) is 0 Å². The number of nitrogens with one attached hydrogen (secondary N) is 2. The normalized spacial score (nSPS) is 14.9. The molecule has 1 aromatic rings. The van der Waals surface area contributed by atoms with Crippen LogP contribution in [0, 0.1) is 11.3 Å². The zero-order chi connectivity index (χ0) is 15.2. The van der Waals surface area contributed by atoms with Crippen molar-refractivity contribution in [3.05, 3.63) is 27.5 Å². The van der Waals surface area contributed by atoms with Gasteiger partial charge < -0.3 is 15.0 Å². The maximum atomic E-state index is 12.3. The molecule has 0 radical (unpaired) electrons. The Labute approximate surface area is 118 Å². The molecule has 5 nitrogen and oxygen atoms in total. The Balaban J connectivity index is 0.000000276. The Morgan fingerprint density at radius 2 is 1.95 bits per heavy atom. The van der Waals surface area contributed by atoms with E-state index < -0.39 is 22.9 Å². The van der Waals surface area contributed by atoms with Crippen LogP contribution >= 0.6 is 12.6 Å². The molecule has 1 aliphatic heterocycles. The Kier molecular flexibility index (Phi) is 6.06. The van der Waals surface area contributed by atoms with Gasteiger partial charge in [0.2, 0.25) is 5.56 Å². The predicted molar refractivity (Wildman–Crippen MR) is 67.7 cm³/mol. The summed E-state index contributed by atoms with van der Waals surface area (Å²) in [5.74, 6) is 0. The van der Waals surface area contributed by atoms with Gasteiger partial charge in [0.05, 0.1) is 29.4 Å². The summed E-state index contributed by atoms with van der Waals surface area (Å²) in [6.45, 7) is 3.83. The van der Waals surface area contributed by atoms with Gasteiger partial charge in [-0.05, 0) is 0 Å². The molecule has 0 spiro atoms. The van der Waals surface area contributed by atoms with E-state index in [1.54, 1.807) is 0 Å². The molecule has 0 unspecified atom stereocenters. The van der Waals surface area contributed by atoms with E-state index in [-0.39, 0.29) is 5.03 Å². The molecule has 0 aromatic carbocycles. The van der Waals surface area contributed by atoms with Crippen molar-refractivity contribution in [3.63, 3.8) is 0 Å². The second-order valence-electron chi connectivity index (χ2n) is 3.74. The first kappa shape index (κ1) is 16.6. The quantitative estimate of drug-likeness (QED) is 0.629. The van der Waals surface area contributed by atoms with E-state index in [4.69, 9.17) is 10.00 Å². The summed E-state index contributed by atoms with van der Waals surface area (Å²) < 4.78 is 41.8. The lowest BCUT2D eigenvalue weighted by atomic mass is 10.1. The molecule has 1 fully saturated rings. The summed E-state index contributed by atoms with van der Waals surface area (Å²) in [5.41, 5.74) is -2.89. The molecule has 1 aliphatic rings. The molecule has 0 aliphatic carbocycles. The third kappa shape index (κ3) is 4.88. The van der Waals surface area contributed by atoms with Crippen LogP contribution in [-0.2, 0) is 10.9 Å². The molecule has 0 bridgehead atoms. The van der Waals surface area contributed by atoms with E-state index in [0.717, 1.165) is 26.3 Å². The van der Waals surface area contributed by atoms with Gasteiger partial charge in [0.25, 0.3) is 0 Å². The summed E-state index contributed by atoms with van der Waals surface area (Å²) in [6, 6.07) is 1.66. The van der Waals surface area contributed by atoms with Crippen LogP contribution in [0.4, 0.5) is 13.2 Å². The minimum absolute atomic E-state index is 0.332. The fourth-order valence-corrected chi connectivity index (χ4v) is 1.68. The largest absolute Gasteiger partial charge is 0.417 e. The van der Waals surface area contributed by atoms with E-state index in [1.807, 2.05) is 4.98 Å². The molecular formula is C11H12F3N3O2S. The number of hydrogen-bond acceptors (Lipinski definition) is 5. The minimum atomic E-state index is -4.73. The number of pyridine rings is 1. The first-order valence-corrected chi connectivity index (χ1v) is 6.03. The van der Waals surface area contributed by atoms with Gasteiger partial charge in [0.1, 0.15) is 6.07 Å². The van der Waals surface area contributed by atoms with Gasteiger partial charge in [0.15, 0.2) is 0 Å². The van der Waals surface area contributed by atoms with E-state index in [2.05, 4.69) is 17.9 Å². The Hall–Kier alpha value is -1.50. The molecule has 9 heteroatoms. The maximum Gasteiger partial charge on any atom is 0.417 e. The van der Waals surface area contributed by atoms with Crippen LogP contribution in [0.3, 0.4) is 0 Å². The van der Waals surface area contributed by atoms with E-state index in [9.17, 15) is 18.0 Å². The van der Waals surface area contributed by atoms with E-state index in [1.165, 1.54) is 6.07 Å². The first-order valence-electron chi connectivity index (χ1n) is 5.58. The van der Waals surface area contributed by atoms with Crippen molar-refractivity contribution >= 4 is 12.6 Å². The Morgan fingerprint density at radius 1 is 1.35 bits per heavy atom. The second kappa shape index (κ2) is 7.33. The van der Waals surface area contributed by atoms with Crippen LogP contribution in [0.1, 0.15) is 11.1 Å². The van der Waals surface area contributed by atoms with E-state index in [0.29, 0.717) is 6.07 Å². The second-order valence-corrected chi connectivity index (χ2v) is 4.19. The molecule has 2 N–H and O–H groups in total.